The molecule has 2 N–H and O–H groups in total. The minimum absolute atomic E-state index is 0.410. The van der Waals surface area contributed by atoms with Crippen molar-refractivity contribution in [2.45, 2.75) is 33.2 Å². The number of nitrogens with zero attached hydrogens (tertiary/aromatic N) is 1. The van der Waals surface area contributed by atoms with Crippen LogP contribution < -0.4 is 10.1 Å². The lowest BCUT2D eigenvalue weighted by atomic mass is 10.1. The highest BCUT2D eigenvalue weighted by atomic mass is 32.1. The van der Waals surface area contributed by atoms with E-state index in [1.807, 2.05) is 31.2 Å². The molecule has 1 aromatic carbocycles. The van der Waals surface area contributed by atoms with Crippen LogP contribution in [0, 0.1) is 6.92 Å². The summed E-state index contributed by atoms with van der Waals surface area (Å²) >= 11 is 1.24. The molecule has 0 spiro atoms. The molecule has 0 saturated heterocycles. The summed E-state index contributed by atoms with van der Waals surface area (Å²) in [5.41, 5.74) is 0.109. The van der Waals surface area contributed by atoms with Gasteiger partial charge in [0.15, 0.2) is 0 Å². The molecule has 0 bridgehead atoms. The first-order valence-electron chi connectivity index (χ1n) is 7.51. The van der Waals surface area contributed by atoms with E-state index in [-0.39, 0.29) is 0 Å². The number of hydrogen-bond acceptors (Lipinski definition) is 5. The standard InChI is InChI=1S/C17H20N2O4S/c1-5-23-12-8-6-11(7-9-12)15-18-10(2)13(24-15)14(20)19-17(3,4)16(21)22/h6-9H,5H2,1-4H3,(H,19,20)(H,21,22). The average molecular weight is 348 g/mol. The third-order valence-corrected chi connectivity index (χ3v) is 4.58. The summed E-state index contributed by atoms with van der Waals surface area (Å²) in [5, 5.41) is 12.3. The third kappa shape index (κ3) is 3.91. The number of thiazole rings is 1. The van der Waals surface area contributed by atoms with Gasteiger partial charge in [0.25, 0.3) is 5.91 Å². The molecule has 7 heteroatoms. The maximum absolute atomic E-state index is 12.3. The zero-order valence-electron chi connectivity index (χ0n) is 14.0. The summed E-state index contributed by atoms with van der Waals surface area (Å²) in [7, 11) is 0. The van der Waals surface area contributed by atoms with E-state index in [2.05, 4.69) is 10.3 Å². The molecule has 0 aliphatic carbocycles. The molecular weight excluding hydrogens is 328 g/mol. The fraction of sp³-hybridized carbons (Fsp3) is 0.353. The van der Waals surface area contributed by atoms with Crippen LogP contribution >= 0.6 is 11.3 Å². The first-order valence-corrected chi connectivity index (χ1v) is 8.33. The molecule has 1 amide bonds. The summed E-state index contributed by atoms with van der Waals surface area (Å²) in [6.07, 6.45) is 0. The Balaban J connectivity index is 2.23. The van der Waals surface area contributed by atoms with Crippen LogP contribution in [0.15, 0.2) is 24.3 Å². The van der Waals surface area contributed by atoms with E-state index in [1.54, 1.807) is 6.92 Å². The first-order chi connectivity index (χ1) is 11.2. The Morgan fingerprint density at radius 2 is 1.92 bits per heavy atom. The van der Waals surface area contributed by atoms with Crippen molar-refractivity contribution < 1.29 is 19.4 Å². The van der Waals surface area contributed by atoms with Crippen LogP contribution in [0.4, 0.5) is 0 Å². The SMILES string of the molecule is CCOc1ccc(-c2nc(C)c(C(=O)NC(C)(C)C(=O)O)s2)cc1. The van der Waals surface area contributed by atoms with Crippen LogP contribution in [0.5, 0.6) is 5.75 Å². The van der Waals surface area contributed by atoms with Crippen molar-refractivity contribution in [1.29, 1.82) is 0 Å². The largest absolute Gasteiger partial charge is 0.494 e. The van der Waals surface area contributed by atoms with Crippen LogP contribution in [-0.2, 0) is 4.79 Å². The number of nitrogens with one attached hydrogen (secondary N) is 1. The van der Waals surface area contributed by atoms with E-state index in [0.29, 0.717) is 22.2 Å². The third-order valence-electron chi connectivity index (χ3n) is 3.38. The van der Waals surface area contributed by atoms with E-state index in [9.17, 15) is 9.59 Å². The number of aryl methyl sites for hydroxylation is 1. The average Bonchev–Trinajstić information content (AvgIpc) is 2.90. The second-order valence-electron chi connectivity index (χ2n) is 5.78. The molecule has 2 aromatic rings. The number of carbonyl (C=O) groups is 2. The Labute approximate surface area is 144 Å². The second-order valence-corrected chi connectivity index (χ2v) is 6.77. The van der Waals surface area contributed by atoms with E-state index >= 15 is 0 Å². The predicted molar refractivity (Wildman–Crippen MR) is 92.6 cm³/mol. The summed E-state index contributed by atoms with van der Waals surface area (Å²) in [4.78, 5) is 28.3. The van der Waals surface area contributed by atoms with E-state index in [0.717, 1.165) is 11.3 Å². The molecule has 0 fully saturated rings. The van der Waals surface area contributed by atoms with Crippen molar-refractivity contribution in [2.75, 3.05) is 6.61 Å². The van der Waals surface area contributed by atoms with Crippen LogP contribution in [-0.4, -0.2) is 34.1 Å². The molecule has 0 aliphatic rings. The van der Waals surface area contributed by atoms with Crippen LogP contribution in [0.25, 0.3) is 10.6 Å². The summed E-state index contributed by atoms with van der Waals surface area (Å²) in [6, 6.07) is 7.46. The van der Waals surface area contributed by atoms with Gasteiger partial charge in [0.1, 0.15) is 21.2 Å². The summed E-state index contributed by atoms with van der Waals surface area (Å²) in [5.74, 6) is -0.755. The molecule has 0 atom stereocenters. The Hall–Kier alpha value is -2.41. The van der Waals surface area contributed by atoms with Gasteiger partial charge in [-0.15, -0.1) is 11.3 Å². The summed E-state index contributed by atoms with van der Waals surface area (Å²) in [6.45, 7) is 7.13. The second kappa shape index (κ2) is 7.00. The monoisotopic (exact) mass is 348 g/mol. The number of carboxylic acids is 1. The normalized spacial score (nSPS) is 11.2. The lowest BCUT2D eigenvalue weighted by Gasteiger charge is -2.20. The Kier molecular flexibility index (Phi) is 5.23. The molecule has 2 rings (SSSR count). The van der Waals surface area contributed by atoms with Crippen molar-refractivity contribution in [2.24, 2.45) is 0 Å². The molecule has 0 unspecified atom stereocenters. The minimum atomic E-state index is -1.34. The Morgan fingerprint density at radius 1 is 1.29 bits per heavy atom. The molecule has 24 heavy (non-hydrogen) atoms. The molecule has 128 valence electrons. The van der Waals surface area contributed by atoms with Crippen molar-refractivity contribution in [3.05, 3.63) is 34.8 Å². The number of carboxylic acid groups (broad SMARTS) is 1. The molecule has 1 heterocycles. The van der Waals surface area contributed by atoms with Crippen LogP contribution in [0.1, 0.15) is 36.1 Å². The molecule has 6 nitrogen and oxygen atoms in total. The molecule has 0 saturated carbocycles. The fourth-order valence-electron chi connectivity index (χ4n) is 1.99. The minimum Gasteiger partial charge on any atom is -0.494 e. The van der Waals surface area contributed by atoms with Gasteiger partial charge in [0, 0.05) is 5.56 Å². The number of carbonyl (C=O) groups excluding carboxylic acids is 1. The number of hydrogen-bond donors (Lipinski definition) is 2. The smallest absolute Gasteiger partial charge is 0.328 e. The number of ether oxygens (including phenoxy) is 1. The molecule has 0 radical (unpaired) electrons. The van der Waals surface area contributed by atoms with Crippen molar-refractivity contribution >= 4 is 23.2 Å². The van der Waals surface area contributed by atoms with Gasteiger partial charge in [-0.2, -0.15) is 0 Å². The van der Waals surface area contributed by atoms with Gasteiger partial charge in [0.2, 0.25) is 0 Å². The number of amides is 1. The zero-order valence-corrected chi connectivity index (χ0v) is 14.9. The van der Waals surface area contributed by atoms with Crippen molar-refractivity contribution in [1.82, 2.24) is 10.3 Å². The van der Waals surface area contributed by atoms with Crippen molar-refractivity contribution in [3.63, 3.8) is 0 Å². The Morgan fingerprint density at radius 3 is 2.46 bits per heavy atom. The topological polar surface area (TPSA) is 88.5 Å². The van der Waals surface area contributed by atoms with Gasteiger partial charge in [-0.25, -0.2) is 9.78 Å². The predicted octanol–water partition coefficient (Wildman–Crippen LogP) is 3.11. The summed E-state index contributed by atoms with van der Waals surface area (Å²) < 4.78 is 5.40. The number of benzene rings is 1. The highest BCUT2D eigenvalue weighted by molar-refractivity contribution is 7.17. The number of rotatable bonds is 6. The lowest BCUT2D eigenvalue weighted by molar-refractivity contribution is -0.143. The van der Waals surface area contributed by atoms with Gasteiger partial charge in [-0.3, -0.25) is 4.79 Å². The Bertz CT molecular complexity index is 750. The van der Waals surface area contributed by atoms with E-state index in [4.69, 9.17) is 9.84 Å². The van der Waals surface area contributed by atoms with Gasteiger partial charge in [-0.1, -0.05) is 0 Å². The van der Waals surface area contributed by atoms with E-state index in [1.165, 1.54) is 25.2 Å². The maximum Gasteiger partial charge on any atom is 0.328 e. The van der Waals surface area contributed by atoms with Gasteiger partial charge >= 0.3 is 5.97 Å². The first kappa shape index (κ1) is 17.9. The fourth-order valence-corrected chi connectivity index (χ4v) is 2.95. The number of aromatic nitrogens is 1. The number of aliphatic carboxylic acids is 1. The van der Waals surface area contributed by atoms with Crippen molar-refractivity contribution in [3.8, 4) is 16.3 Å². The van der Waals surface area contributed by atoms with Gasteiger partial charge < -0.3 is 15.2 Å². The van der Waals surface area contributed by atoms with Crippen LogP contribution in [0.3, 0.4) is 0 Å². The van der Waals surface area contributed by atoms with E-state index < -0.39 is 17.4 Å². The molecular formula is C17H20N2O4S. The zero-order chi connectivity index (χ0) is 17.9. The van der Waals surface area contributed by atoms with Gasteiger partial charge in [-0.05, 0) is 52.0 Å². The highest BCUT2D eigenvalue weighted by Gasteiger charge is 2.30. The molecule has 0 aliphatic heterocycles. The molecule has 1 aromatic heterocycles. The van der Waals surface area contributed by atoms with Crippen LogP contribution in [0.2, 0.25) is 0 Å². The quantitative estimate of drug-likeness (QED) is 0.837. The maximum atomic E-state index is 12.3. The lowest BCUT2D eigenvalue weighted by Crippen LogP contribution is -2.49. The highest BCUT2D eigenvalue weighted by Crippen LogP contribution is 2.29. The van der Waals surface area contributed by atoms with Gasteiger partial charge in [0.05, 0.1) is 12.3 Å².